The summed E-state index contributed by atoms with van der Waals surface area (Å²) in [6.07, 6.45) is 7.63. The van der Waals surface area contributed by atoms with Crippen molar-refractivity contribution in [2.24, 2.45) is 0 Å². The molecule has 32 heavy (non-hydrogen) atoms. The predicted molar refractivity (Wildman–Crippen MR) is 111 cm³/mol. The van der Waals surface area contributed by atoms with E-state index in [-0.39, 0.29) is 24.1 Å². The molecule has 0 spiro atoms. The van der Waals surface area contributed by atoms with Crippen LogP contribution in [0.2, 0.25) is 0 Å². The van der Waals surface area contributed by atoms with Crippen molar-refractivity contribution in [2.75, 3.05) is 14.1 Å². The Bertz CT molecular complexity index is 695. The van der Waals surface area contributed by atoms with E-state index < -0.39 is 37.5 Å². The molecule has 4 aliphatic heterocycles. The summed E-state index contributed by atoms with van der Waals surface area (Å²) in [7, 11) is 3.52. The fourth-order valence-electron chi connectivity index (χ4n) is 6.36. The largest absolute Gasteiger partial charge is 0.324 e. The number of nitrogens with zero attached hydrogens (tertiary/aromatic N) is 4. The number of urea groups is 2. The van der Waals surface area contributed by atoms with Gasteiger partial charge in [0.15, 0.2) is 24.9 Å². The molecule has 4 heterocycles. The van der Waals surface area contributed by atoms with Gasteiger partial charge in [0.1, 0.15) is 0 Å². The molecule has 0 bridgehead atoms. The van der Waals surface area contributed by atoms with Crippen molar-refractivity contribution in [3.8, 4) is 0 Å². The highest BCUT2D eigenvalue weighted by Gasteiger charge is 2.60. The predicted octanol–water partition coefficient (Wildman–Crippen LogP) is 2.44. The number of ether oxygens (including phenoxy) is 4. The molecule has 0 radical (unpaired) electrons. The van der Waals surface area contributed by atoms with E-state index >= 15 is 0 Å². The SMILES string of the molecule is CN1C(=O)N(C2CCCCC2)[C@@H]2O[C@H]([C@@H]3O[C@@H]4[C@H](O3)N(C3CCCCC3)C(=O)N4C)O[C@H]21. The second kappa shape index (κ2) is 8.00. The standard InChI is InChI=1S/C22H34N4O6/c1-23-15-17(25(21(23)27)13-9-5-3-6-10-13)31-19(29-15)20-30-16-18(32-20)26(22(28)24(16)2)14-11-7-4-8-12-14/h13-20H,3-12H2,1-2H3/t15-,16-,17-,18+,19-,20-/m1/s1. The van der Waals surface area contributed by atoms with Crippen LogP contribution in [0.3, 0.4) is 0 Å². The summed E-state index contributed by atoms with van der Waals surface area (Å²) in [6, 6.07) is 0.298. The lowest BCUT2D eigenvalue weighted by Crippen LogP contribution is -2.47. The molecule has 178 valence electrons. The Morgan fingerprint density at radius 3 is 1.28 bits per heavy atom. The van der Waals surface area contributed by atoms with Crippen LogP contribution >= 0.6 is 0 Å². The summed E-state index contributed by atoms with van der Waals surface area (Å²) < 4.78 is 24.8. The Labute approximate surface area is 188 Å². The molecule has 6 rings (SSSR count). The van der Waals surface area contributed by atoms with Crippen molar-refractivity contribution in [3.05, 3.63) is 0 Å². The first-order valence-corrected chi connectivity index (χ1v) is 12.3. The molecule has 2 aliphatic carbocycles. The van der Waals surface area contributed by atoms with Crippen LogP contribution in [-0.4, -0.2) is 95.3 Å². The molecule has 0 unspecified atom stereocenters. The molecule has 0 aromatic rings. The first-order valence-electron chi connectivity index (χ1n) is 12.3. The molecule has 10 heteroatoms. The first kappa shape index (κ1) is 20.9. The van der Waals surface area contributed by atoms with Crippen molar-refractivity contribution < 1.29 is 28.5 Å². The highest BCUT2D eigenvalue weighted by molar-refractivity contribution is 5.78. The van der Waals surface area contributed by atoms with Crippen molar-refractivity contribution in [2.45, 2.75) is 114 Å². The van der Waals surface area contributed by atoms with Crippen LogP contribution in [0.15, 0.2) is 0 Å². The zero-order valence-electron chi connectivity index (χ0n) is 18.9. The van der Waals surface area contributed by atoms with Gasteiger partial charge in [-0.2, -0.15) is 0 Å². The van der Waals surface area contributed by atoms with Crippen molar-refractivity contribution in [1.82, 2.24) is 19.6 Å². The van der Waals surface area contributed by atoms with E-state index in [1.165, 1.54) is 12.8 Å². The Morgan fingerprint density at radius 1 is 0.562 bits per heavy atom. The highest BCUT2D eigenvalue weighted by Crippen LogP contribution is 2.42. The number of likely N-dealkylation sites (N-methyl/N-ethyl adjacent to an activating group) is 2. The number of carbonyl (C=O) groups is 2. The molecule has 10 nitrogen and oxygen atoms in total. The smallest absolute Gasteiger partial charge is 0.319 e. The summed E-state index contributed by atoms with van der Waals surface area (Å²) in [5.41, 5.74) is 0. The molecule has 6 fully saturated rings. The Hall–Kier alpha value is -1.62. The molecule has 6 aliphatic rings. The highest BCUT2D eigenvalue weighted by atomic mass is 16.8. The van der Waals surface area contributed by atoms with Gasteiger partial charge in [0, 0.05) is 26.2 Å². The number of carbonyl (C=O) groups excluding carboxylic acids is 2. The fraction of sp³-hybridized carbons (Fsp3) is 0.909. The van der Waals surface area contributed by atoms with E-state index in [0.717, 1.165) is 51.4 Å². The van der Waals surface area contributed by atoms with Crippen LogP contribution in [-0.2, 0) is 18.9 Å². The van der Waals surface area contributed by atoms with Gasteiger partial charge in [0.2, 0.25) is 12.6 Å². The van der Waals surface area contributed by atoms with E-state index in [9.17, 15) is 9.59 Å². The molecule has 0 aromatic heterocycles. The topological polar surface area (TPSA) is 84.0 Å². The van der Waals surface area contributed by atoms with Crippen LogP contribution < -0.4 is 0 Å². The van der Waals surface area contributed by atoms with Crippen LogP contribution in [0, 0.1) is 0 Å². The van der Waals surface area contributed by atoms with Gasteiger partial charge in [0.25, 0.3) is 0 Å². The average molecular weight is 451 g/mol. The van der Waals surface area contributed by atoms with E-state index in [1.807, 2.05) is 9.80 Å². The molecule has 4 saturated heterocycles. The van der Waals surface area contributed by atoms with Crippen molar-refractivity contribution in [1.29, 1.82) is 0 Å². The number of fused-ring (bicyclic) bond motifs is 2. The summed E-state index contributed by atoms with van der Waals surface area (Å²) in [4.78, 5) is 32.7. The number of amides is 4. The number of hydrogen-bond acceptors (Lipinski definition) is 6. The minimum Gasteiger partial charge on any atom is -0.319 e. The van der Waals surface area contributed by atoms with Gasteiger partial charge in [-0.3, -0.25) is 19.6 Å². The van der Waals surface area contributed by atoms with Crippen molar-refractivity contribution >= 4 is 12.1 Å². The summed E-state index contributed by atoms with van der Waals surface area (Å²) in [5, 5.41) is 0. The van der Waals surface area contributed by atoms with E-state index in [0.29, 0.717) is 0 Å². The molecule has 6 atom stereocenters. The van der Waals surface area contributed by atoms with E-state index in [4.69, 9.17) is 18.9 Å². The normalized spacial score (nSPS) is 41.2. The second-order valence-electron chi connectivity index (χ2n) is 10.0. The van der Waals surface area contributed by atoms with Gasteiger partial charge in [-0.05, 0) is 25.7 Å². The van der Waals surface area contributed by atoms with E-state index in [2.05, 4.69) is 0 Å². The van der Waals surface area contributed by atoms with Crippen LogP contribution in [0.4, 0.5) is 9.59 Å². The zero-order chi connectivity index (χ0) is 22.0. The van der Waals surface area contributed by atoms with Gasteiger partial charge in [-0.15, -0.1) is 0 Å². The average Bonchev–Trinajstić information content (AvgIpc) is 3.54. The minimum atomic E-state index is -0.742. The van der Waals surface area contributed by atoms with Gasteiger partial charge < -0.3 is 18.9 Å². The zero-order valence-corrected chi connectivity index (χ0v) is 18.9. The third-order valence-electron chi connectivity index (χ3n) is 8.10. The number of rotatable bonds is 3. The lowest BCUT2D eigenvalue weighted by Gasteiger charge is -2.34. The van der Waals surface area contributed by atoms with Gasteiger partial charge >= 0.3 is 12.1 Å². The first-order chi connectivity index (χ1) is 15.5. The van der Waals surface area contributed by atoms with Crippen LogP contribution in [0.25, 0.3) is 0 Å². The molecule has 0 N–H and O–H groups in total. The maximum Gasteiger partial charge on any atom is 0.324 e. The van der Waals surface area contributed by atoms with Gasteiger partial charge in [-0.1, -0.05) is 38.5 Å². The lowest BCUT2D eigenvalue weighted by atomic mass is 9.94. The molecule has 2 saturated carbocycles. The Balaban J connectivity index is 1.16. The summed E-state index contributed by atoms with van der Waals surface area (Å²) >= 11 is 0. The third-order valence-corrected chi connectivity index (χ3v) is 8.10. The lowest BCUT2D eigenvalue weighted by molar-refractivity contribution is -0.243. The van der Waals surface area contributed by atoms with Gasteiger partial charge in [-0.25, -0.2) is 9.59 Å². The summed E-state index contributed by atoms with van der Waals surface area (Å²) in [6.45, 7) is 0. The quantitative estimate of drug-likeness (QED) is 0.657. The Kier molecular flexibility index (Phi) is 5.24. The summed E-state index contributed by atoms with van der Waals surface area (Å²) in [5.74, 6) is 0. The molecule has 4 amide bonds. The van der Waals surface area contributed by atoms with Crippen LogP contribution in [0.5, 0.6) is 0 Å². The maximum absolute atomic E-state index is 12.9. The van der Waals surface area contributed by atoms with Crippen molar-refractivity contribution in [3.63, 3.8) is 0 Å². The molecular weight excluding hydrogens is 416 g/mol. The molecule has 0 aromatic carbocycles. The molecular formula is C22H34N4O6. The second-order valence-corrected chi connectivity index (χ2v) is 10.0. The monoisotopic (exact) mass is 450 g/mol. The van der Waals surface area contributed by atoms with Gasteiger partial charge in [0.05, 0.1) is 0 Å². The number of hydrogen-bond donors (Lipinski definition) is 0. The van der Waals surface area contributed by atoms with E-state index in [1.54, 1.807) is 23.9 Å². The fourth-order valence-corrected chi connectivity index (χ4v) is 6.36. The van der Waals surface area contributed by atoms with Crippen LogP contribution in [0.1, 0.15) is 64.2 Å². The Morgan fingerprint density at radius 2 is 0.906 bits per heavy atom. The minimum absolute atomic E-state index is 0.0377. The maximum atomic E-state index is 12.9. The third kappa shape index (κ3) is 3.13.